The van der Waals surface area contributed by atoms with E-state index in [1.165, 1.54) is 0 Å². The lowest BCUT2D eigenvalue weighted by molar-refractivity contribution is -0.123. The van der Waals surface area contributed by atoms with E-state index in [-0.39, 0.29) is 11.9 Å². The maximum absolute atomic E-state index is 11.0. The summed E-state index contributed by atoms with van der Waals surface area (Å²) in [5, 5.41) is 0. The highest BCUT2D eigenvalue weighted by molar-refractivity contribution is 5.83. The standard InChI is InChI=1S/C7H11N3O/c1-10-5-3-2-4-6(10)7(11)9-8/h2-6H,8H2,1H3,(H,9,11). The Hall–Kier alpha value is -1.29. The van der Waals surface area contributed by atoms with Gasteiger partial charge in [-0.1, -0.05) is 12.2 Å². The normalized spacial score (nSPS) is 22.0. The van der Waals surface area contributed by atoms with Crippen LogP contribution in [0.2, 0.25) is 0 Å². The van der Waals surface area contributed by atoms with Crippen LogP contribution in [-0.4, -0.2) is 23.9 Å². The molecule has 60 valence electrons. The number of amides is 1. The fourth-order valence-corrected chi connectivity index (χ4v) is 0.941. The first-order chi connectivity index (χ1) is 5.25. The zero-order valence-corrected chi connectivity index (χ0v) is 6.32. The average molecular weight is 153 g/mol. The number of rotatable bonds is 1. The molecule has 1 unspecified atom stereocenters. The fourth-order valence-electron chi connectivity index (χ4n) is 0.941. The lowest BCUT2D eigenvalue weighted by atomic mass is 10.2. The van der Waals surface area contributed by atoms with Crippen LogP contribution in [0.15, 0.2) is 24.4 Å². The van der Waals surface area contributed by atoms with E-state index < -0.39 is 0 Å². The van der Waals surface area contributed by atoms with Crippen LogP contribution in [-0.2, 0) is 4.79 Å². The van der Waals surface area contributed by atoms with Gasteiger partial charge in [-0.3, -0.25) is 10.2 Å². The second-order valence-corrected chi connectivity index (χ2v) is 2.35. The van der Waals surface area contributed by atoms with Crippen LogP contribution in [0.25, 0.3) is 0 Å². The predicted octanol–water partition coefficient (Wildman–Crippen LogP) is -0.640. The van der Waals surface area contributed by atoms with Gasteiger partial charge < -0.3 is 4.90 Å². The monoisotopic (exact) mass is 153 g/mol. The summed E-state index contributed by atoms with van der Waals surface area (Å²) in [6.07, 6.45) is 7.28. The predicted molar refractivity (Wildman–Crippen MR) is 42.2 cm³/mol. The Bertz CT molecular complexity index is 210. The molecule has 1 atom stereocenters. The van der Waals surface area contributed by atoms with Gasteiger partial charge in [-0.2, -0.15) is 0 Å². The summed E-state index contributed by atoms with van der Waals surface area (Å²) in [6.45, 7) is 0. The number of nitrogens with two attached hydrogens (primary N) is 1. The average Bonchev–Trinajstić information content (AvgIpc) is 2.04. The quantitative estimate of drug-likeness (QED) is 0.299. The van der Waals surface area contributed by atoms with Gasteiger partial charge in [-0.05, 0) is 12.3 Å². The summed E-state index contributed by atoms with van der Waals surface area (Å²) in [7, 11) is 1.82. The number of hydrazine groups is 1. The van der Waals surface area contributed by atoms with Crippen LogP contribution in [0.3, 0.4) is 0 Å². The summed E-state index contributed by atoms with van der Waals surface area (Å²) < 4.78 is 0. The van der Waals surface area contributed by atoms with E-state index in [1.807, 2.05) is 25.4 Å². The van der Waals surface area contributed by atoms with Gasteiger partial charge in [0, 0.05) is 7.05 Å². The van der Waals surface area contributed by atoms with Crippen LogP contribution < -0.4 is 11.3 Å². The van der Waals surface area contributed by atoms with E-state index in [0.29, 0.717) is 0 Å². The van der Waals surface area contributed by atoms with Gasteiger partial charge in [0.2, 0.25) is 0 Å². The third kappa shape index (κ3) is 1.59. The molecule has 0 spiro atoms. The van der Waals surface area contributed by atoms with E-state index in [4.69, 9.17) is 5.84 Å². The van der Waals surface area contributed by atoms with Crippen molar-refractivity contribution in [1.82, 2.24) is 10.3 Å². The van der Waals surface area contributed by atoms with Gasteiger partial charge in [-0.25, -0.2) is 5.84 Å². The highest BCUT2D eigenvalue weighted by atomic mass is 16.2. The molecule has 1 aliphatic heterocycles. The first-order valence-corrected chi connectivity index (χ1v) is 3.33. The Morgan fingerprint density at radius 2 is 2.36 bits per heavy atom. The van der Waals surface area contributed by atoms with E-state index in [0.717, 1.165) is 0 Å². The first-order valence-electron chi connectivity index (χ1n) is 3.33. The number of carbonyl (C=O) groups excluding carboxylic acids is 1. The van der Waals surface area contributed by atoms with Crippen LogP contribution in [0.1, 0.15) is 0 Å². The van der Waals surface area contributed by atoms with Crippen molar-refractivity contribution < 1.29 is 4.79 Å². The minimum absolute atomic E-state index is 0.201. The van der Waals surface area contributed by atoms with E-state index in [2.05, 4.69) is 5.43 Å². The number of nitrogens with one attached hydrogen (secondary N) is 1. The molecule has 1 aliphatic rings. The zero-order valence-electron chi connectivity index (χ0n) is 6.32. The molecule has 1 heterocycles. The van der Waals surface area contributed by atoms with Gasteiger partial charge >= 0.3 is 0 Å². The molecule has 0 saturated carbocycles. The van der Waals surface area contributed by atoms with Gasteiger partial charge in [0.15, 0.2) is 0 Å². The Kier molecular flexibility index (Phi) is 2.28. The minimum Gasteiger partial charge on any atom is -0.366 e. The zero-order chi connectivity index (χ0) is 8.27. The van der Waals surface area contributed by atoms with E-state index in [9.17, 15) is 4.79 Å². The van der Waals surface area contributed by atoms with Crippen molar-refractivity contribution >= 4 is 5.91 Å². The second-order valence-electron chi connectivity index (χ2n) is 2.35. The van der Waals surface area contributed by atoms with Crippen molar-refractivity contribution in [2.24, 2.45) is 5.84 Å². The Morgan fingerprint density at radius 1 is 1.64 bits per heavy atom. The number of hydrogen-bond acceptors (Lipinski definition) is 3. The minimum atomic E-state index is -0.273. The molecule has 4 heteroatoms. The lowest BCUT2D eigenvalue weighted by Gasteiger charge is -2.23. The summed E-state index contributed by atoms with van der Waals surface area (Å²) in [5.41, 5.74) is 2.10. The van der Waals surface area contributed by atoms with Gasteiger partial charge in [0.25, 0.3) is 5.91 Å². The molecule has 0 bridgehead atoms. The number of nitrogens with zero attached hydrogens (tertiary/aromatic N) is 1. The van der Waals surface area contributed by atoms with Gasteiger partial charge in [0.1, 0.15) is 6.04 Å². The Balaban J connectivity index is 2.65. The molecule has 0 fully saturated rings. The summed E-state index contributed by atoms with van der Waals surface area (Å²) in [5.74, 6) is 4.78. The molecule has 0 saturated heterocycles. The molecule has 0 radical (unpaired) electrons. The fraction of sp³-hybridized carbons (Fsp3) is 0.286. The van der Waals surface area contributed by atoms with Crippen molar-refractivity contribution in [3.8, 4) is 0 Å². The number of allylic oxidation sites excluding steroid dienone is 2. The molecule has 11 heavy (non-hydrogen) atoms. The molecule has 4 nitrogen and oxygen atoms in total. The number of likely N-dealkylation sites (N-methyl/N-ethyl adjacent to an activating group) is 1. The smallest absolute Gasteiger partial charge is 0.260 e. The van der Waals surface area contributed by atoms with Crippen molar-refractivity contribution in [2.45, 2.75) is 6.04 Å². The number of carbonyl (C=O) groups is 1. The molecular weight excluding hydrogens is 142 g/mol. The Morgan fingerprint density at radius 3 is 2.91 bits per heavy atom. The first kappa shape index (κ1) is 7.81. The van der Waals surface area contributed by atoms with Crippen LogP contribution in [0, 0.1) is 0 Å². The SMILES string of the molecule is CN1C=CC=CC1C(=O)NN. The molecule has 0 aliphatic carbocycles. The molecule has 0 aromatic heterocycles. The summed E-state index contributed by atoms with van der Waals surface area (Å²) in [4.78, 5) is 12.8. The van der Waals surface area contributed by atoms with Crippen molar-refractivity contribution in [3.63, 3.8) is 0 Å². The largest absolute Gasteiger partial charge is 0.366 e. The molecule has 0 aromatic carbocycles. The third-order valence-corrected chi connectivity index (χ3v) is 1.58. The summed E-state index contributed by atoms with van der Waals surface area (Å²) in [6, 6.07) is -0.273. The van der Waals surface area contributed by atoms with Crippen LogP contribution in [0.5, 0.6) is 0 Å². The topological polar surface area (TPSA) is 58.4 Å². The van der Waals surface area contributed by atoms with Crippen LogP contribution >= 0.6 is 0 Å². The highest BCUT2D eigenvalue weighted by Gasteiger charge is 2.17. The third-order valence-electron chi connectivity index (χ3n) is 1.58. The Labute approximate surface area is 65.3 Å². The van der Waals surface area contributed by atoms with Gasteiger partial charge in [-0.15, -0.1) is 0 Å². The van der Waals surface area contributed by atoms with E-state index in [1.54, 1.807) is 11.0 Å². The van der Waals surface area contributed by atoms with Crippen molar-refractivity contribution in [1.29, 1.82) is 0 Å². The van der Waals surface area contributed by atoms with Crippen molar-refractivity contribution in [3.05, 3.63) is 24.4 Å². The van der Waals surface area contributed by atoms with Gasteiger partial charge in [0.05, 0.1) is 0 Å². The molecular formula is C7H11N3O. The molecule has 1 rings (SSSR count). The molecule has 1 amide bonds. The second kappa shape index (κ2) is 3.21. The number of hydrogen-bond donors (Lipinski definition) is 2. The van der Waals surface area contributed by atoms with Crippen molar-refractivity contribution in [2.75, 3.05) is 7.05 Å². The van der Waals surface area contributed by atoms with E-state index >= 15 is 0 Å². The molecule has 0 aromatic rings. The highest BCUT2D eigenvalue weighted by Crippen LogP contribution is 2.04. The lowest BCUT2D eigenvalue weighted by Crippen LogP contribution is -2.45. The maximum atomic E-state index is 11.0. The van der Waals surface area contributed by atoms with Crippen LogP contribution in [0.4, 0.5) is 0 Å². The summed E-state index contributed by atoms with van der Waals surface area (Å²) >= 11 is 0. The maximum Gasteiger partial charge on any atom is 0.260 e. The molecule has 3 N–H and O–H groups in total.